The van der Waals surface area contributed by atoms with E-state index < -0.39 is 11.7 Å². The number of rotatable bonds is 1. The lowest BCUT2D eigenvalue weighted by Crippen LogP contribution is -2.42. The number of aliphatic hydroxyl groups is 1. The van der Waals surface area contributed by atoms with E-state index in [1.165, 1.54) is 10.5 Å². The molecule has 0 radical (unpaired) electrons. The zero-order valence-corrected chi connectivity index (χ0v) is 15.0. The average molecular weight is 331 g/mol. The highest BCUT2D eigenvalue weighted by molar-refractivity contribution is 5.65. The third kappa shape index (κ3) is 3.16. The fourth-order valence-corrected chi connectivity index (χ4v) is 4.39. The van der Waals surface area contributed by atoms with Gasteiger partial charge in [0.1, 0.15) is 0 Å². The van der Waals surface area contributed by atoms with Gasteiger partial charge < -0.3 is 15.1 Å². The first-order valence-electron chi connectivity index (χ1n) is 8.95. The summed E-state index contributed by atoms with van der Waals surface area (Å²) in [4.78, 5) is 12.6. The van der Waals surface area contributed by atoms with Crippen LogP contribution in [0.5, 0.6) is 0 Å². The standard InChI is InChI=1S/C20H29NO3/c1-18(2,3)15-5-4-6-16(13-15)20(24)8-7-19(14-20)9-11-21(12-10-19)17(22)23/h4-6,13,24H,7-12,14H2,1-3H3,(H,22,23). The predicted octanol–water partition coefficient (Wildman–Crippen LogP) is 4.12. The molecule has 0 aromatic heterocycles. The number of likely N-dealkylation sites (tertiary alicyclic amines) is 1. The highest BCUT2D eigenvalue weighted by Crippen LogP contribution is 2.54. The Hall–Kier alpha value is -1.55. The lowest BCUT2D eigenvalue weighted by molar-refractivity contribution is 0.0170. The normalized spacial score (nSPS) is 26.8. The van der Waals surface area contributed by atoms with Crippen LogP contribution in [-0.4, -0.2) is 34.3 Å². The van der Waals surface area contributed by atoms with Gasteiger partial charge in [0.15, 0.2) is 0 Å². The van der Waals surface area contributed by atoms with E-state index in [1.807, 2.05) is 12.1 Å². The van der Waals surface area contributed by atoms with Crippen molar-refractivity contribution in [2.75, 3.05) is 13.1 Å². The topological polar surface area (TPSA) is 60.8 Å². The number of carboxylic acid groups (broad SMARTS) is 1. The monoisotopic (exact) mass is 331 g/mol. The van der Waals surface area contributed by atoms with Crippen LogP contribution in [0.1, 0.15) is 64.0 Å². The zero-order chi connectivity index (χ0) is 17.6. The molecule has 2 N–H and O–H groups in total. The van der Waals surface area contributed by atoms with Crippen molar-refractivity contribution in [1.82, 2.24) is 4.90 Å². The van der Waals surface area contributed by atoms with E-state index in [1.54, 1.807) is 0 Å². The number of carbonyl (C=O) groups is 1. The maximum Gasteiger partial charge on any atom is 0.407 e. The van der Waals surface area contributed by atoms with Gasteiger partial charge in [-0.05, 0) is 54.1 Å². The molecule has 1 saturated heterocycles. The minimum absolute atomic E-state index is 0.0650. The number of benzene rings is 1. The molecule has 1 aromatic rings. The average Bonchev–Trinajstić information content (AvgIpc) is 2.85. The van der Waals surface area contributed by atoms with E-state index in [4.69, 9.17) is 5.11 Å². The van der Waals surface area contributed by atoms with Crippen molar-refractivity contribution in [1.29, 1.82) is 0 Å². The van der Waals surface area contributed by atoms with Crippen LogP contribution in [0.2, 0.25) is 0 Å². The maximum atomic E-state index is 11.3. The summed E-state index contributed by atoms with van der Waals surface area (Å²) in [6.07, 6.45) is 3.41. The van der Waals surface area contributed by atoms with Gasteiger partial charge in [0.25, 0.3) is 0 Å². The van der Waals surface area contributed by atoms with Gasteiger partial charge in [-0.2, -0.15) is 0 Å². The molecular formula is C20H29NO3. The van der Waals surface area contributed by atoms with E-state index >= 15 is 0 Å². The van der Waals surface area contributed by atoms with Gasteiger partial charge in [-0.25, -0.2) is 4.79 Å². The first-order chi connectivity index (χ1) is 11.1. The molecule has 1 aliphatic heterocycles. The summed E-state index contributed by atoms with van der Waals surface area (Å²) in [6, 6.07) is 8.38. The molecule has 2 aliphatic rings. The molecule has 4 nitrogen and oxygen atoms in total. The Labute approximate surface area is 144 Å². The minimum atomic E-state index is -0.823. The second-order valence-corrected chi connectivity index (χ2v) is 8.81. The van der Waals surface area contributed by atoms with Gasteiger partial charge >= 0.3 is 6.09 Å². The van der Waals surface area contributed by atoms with Crippen molar-refractivity contribution < 1.29 is 15.0 Å². The molecule has 132 valence electrons. The summed E-state index contributed by atoms with van der Waals surface area (Å²) < 4.78 is 0. The quantitative estimate of drug-likeness (QED) is 0.814. The smallest absolute Gasteiger partial charge is 0.407 e. The predicted molar refractivity (Wildman–Crippen MR) is 94.2 cm³/mol. The first kappa shape index (κ1) is 17.3. The second kappa shape index (κ2) is 5.76. The summed E-state index contributed by atoms with van der Waals surface area (Å²) >= 11 is 0. The molecule has 2 fully saturated rings. The Morgan fingerprint density at radius 3 is 2.38 bits per heavy atom. The van der Waals surface area contributed by atoms with Crippen LogP contribution in [0.4, 0.5) is 4.79 Å². The third-order valence-electron chi connectivity index (χ3n) is 6.10. The van der Waals surface area contributed by atoms with E-state index in [2.05, 4.69) is 32.9 Å². The van der Waals surface area contributed by atoms with Crippen LogP contribution in [0.15, 0.2) is 24.3 Å². The Balaban J connectivity index is 1.78. The molecule has 1 atom stereocenters. The van der Waals surface area contributed by atoms with Gasteiger partial charge in [0.2, 0.25) is 0 Å². The Morgan fingerprint density at radius 2 is 1.79 bits per heavy atom. The molecule has 3 rings (SSSR count). The molecule has 24 heavy (non-hydrogen) atoms. The van der Waals surface area contributed by atoms with Crippen molar-refractivity contribution in [3.63, 3.8) is 0 Å². The van der Waals surface area contributed by atoms with E-state index in [0.717, 1.165) is 37.7 Å². The summed E-state index contributed by atoms with van der Waals surface area (Å²) in [5, 5.41) is 20.4. The maximum absolute atomic E-state index is 11.3. The van der Waals surface area contributed by atoms with Crippen LogP contribution in [0, 0.1) is 5.41 Å². The van der Waals surface area contributed by atoms with Gasteiger partial charge in [0, 0.05) is 13.1 Å². The number of nitrogens with zero attached hydrogens (tertiary/aromatic N) is 1. The molecule has 1 saturated carbocycles. The number of hydrogen-bond donors (Lipinski definition) is 2. The number of amides is 1. The molecule has 0 bridgehead atoms. The SMILES string of the molecule is CC(C)(C)c1cccc(C2(O)CCC3(CCN(C(=O)O)CC3)C2)c1. The van der Waals surface area contributed by atoms with Gasteiger partial charge in [-0.15, -0.1) is 0 Å². The third-order valence-corrected chi connectivity index (χ3v) is 6.10. The highest BCUT2D eigenvalue weighted by Gasteiger charge is 2.49. The first-order valence-corrected chi connectivity index (χ1v) is 8.95. The largest absolute Gasteiger partial charge is 0.465 e. The lowest BCUT2D eigenvalue weighted by atomic mass is 9.75. The summed E-state index contributed by atoms with van der Waals surface area (Å²) in [7, 11) is 0. The molecule has 1 aromatic carbocycles. The zero-order valence-electron chi connectivity index (χ0n) is 15.0. The fourth-order valence-electron chi connectivity index (χ4n) is 4.39. The molecule has 1 aliphatic carbocycles. The molecule has 1 heterocycles. The van der Waals surface area contributed by atoms with E-state index in [-0.39, 0.29) is 10.8 Å². The number of hydrogen-bond acceptors (Lipinski definition) is 2. The van der Waals surface area contributed by atoms with Crippen molar-refractivity contribution in [2.45, 2.75) is 63.9 Å². The van der Waals surface area contributed by atoms with Crippen LogP contribution >= 0.6 is 0 Å². The molecular weight excluding hydrogens is 302 g/mol. The lowest BCUT2D eigenvalue weighted by Gasteiger charge is -2.39. The van der Waals surface area contributed by atoms with Crippen molar-refractivity contribution in [3.8, 4) is 0 Å². The van der Waals surface area contributed by atoms with E-state index in [0.29, 0.717) is 13.1 Å². The summed E-state index contributed by atoms with van der Waals surface area (Å²) in [5.41, 5.74) is 1.66. The van der Waals surface area contributed by atoms with Crippen molar-refractivity contribution >= 4 is 6.09 Å². The summed E-state index contributed by atoms with van der Waals surface area (Å²) in [5.74, 6) is 0. The minimum Gasteiger partial charge on any atom is -0.465 e. The molecule has 4 heteroatoms. The van der Waals surface area contributed by atoms with Gasteiger partial charge in [-0.3, -0.25) is 0 Å². The highest BCUT2D eigenvalue weighted by atomic mass is 16.4. The second-order valence-electron chi connectivity index (χ2n) is 8.81. The fraction of sp³-hybridized carbons (Fsp3) is 0.650. The molecule has 1 spiro atoms. The molecule has 1 amide bonds. The Kier molecular flexibility index (Phi) is 4.15. The van der Waals surface area contributed by atoms with Crippen LogP contribution < -0.4 is 0 Å². The van der Waals surface area contributed by atoms with E-state index in [9.17, 15) is 9.90 Å². The van der Waals surface area contributed by atoms with Crippen molar-refractivity contribution in [3.05, 3.63) is 35.4 Å². The Bertz CT molecular complexity index is 626. The van der Waals surface area contributed by atoms with Crippen LogP contribution in [0.25, 0.3) is 0 Å². The van der Waals surface area contributed by atoms with Crippen LogP contribution in [0.3, 0.4) is 0 Å². The molecule has 1 unspecified atom stereocenters. The van der Waals surface area contributed by atoms with Crippen molar-refractivity contribution in [2.24, 2.45) is 5.41 Å². The summed E-state index contributed by atoms with van der Waals surface area (Å²) in [6.45, 7) is 7.75. The van der Waals surface area contributed by atoms with Crippen LogP contribution in [-0.2, 0) is 11.0 Å². The van der Waals surface area contributed by atoms with Gasteiger partial charge in [0.05, 0.1) is 5.60 Å². The Morgan fingerprint density at radius 1 is 1.12 bits per heavy atom. The van der Waals surface area contributed by atoms with Gasteiger partial charge in [-0.1, -0.05) is 45.0 Å². The number of piperidine rings is 1.